The second kappa shape index (κ2) is 9.51. The predicted octanol–water partition coefficient (Wildman–Crippen LogP) is 2.82. The van der Waals surface area contributed by atoms with Crippen LogP contribution in [0.2, 0.25) is 0 Å². The first kappa shape index (κ1) is 20.1. The molecule has 2 amide bonds. The molecule has 1 saturated heterocycles. The van der Waals surface area contributed by atoms with E-state index in [1.807, 2.05) is 24.3 Å². The van der Waals surface area contributed by atoms with Crippen LogP contribution in [0, 0.1) is 22.0 Å². The van der Waals surface area contributed by atoms with Gasteiger partial charge in [-0.1, -0.05) is 24.0 Å². The van der Waals surface area contributed by atoms with Crippen LogP contribution in [0.15, 0.2) is 48.5 Å². The van der Waals surface area contributed by atoms with Crippen molar-refractivity contribution in [2.24, 2.45) is 0 Å². The van der Waals surface area contributed by atoms with Crippen LogP contribution in [0.1, 0.15) is 30.4 Å². The van der Waals surface area contributed by atoms with Crippen molar-refractivity contribution in [3.05, 3.63) is 69.8 Å². The Bertz CT molecular complexity index is 956. The second-order valence-corrected chi connectivity index (χ2v) is 6.73. The van der Waals surface area contributed by atoms with Gasteiger partial charge in [-0.2, -0.15) is 0 Å². The Balaban J connectivity index is 1.47. The summed E-state index contributed by atoms with van der Waals surface area (Å²) in [5, 5.41) is 13.3. The number of nitrogens with zero attached hydrogens (tertiary/aromatic N) is 2. The van der Waals surface area contributed by atoms with Crippen molar-refractivity contribution in [1.82, 2.24) is 5.32 Å². The van der Waals surface area contributed by atoms with E-state index < -0.39 is 4.92 Å². The Labute approximate surface area is 168 Å². The molecule has 1 N–H and O–H groups in total. The monoisotopic (exact) mass is 391 g/mol. The van der Waals surface area contributed by atoms with Crippen LogP contribution < -0.4 is 10.2 Å². The van der Waals surface area contributed by atoms with Gasteiger partial charge in [0.15, 0.2) is 0 Å². The first-order valence-electron chi connectivity index (χ1n) is 9.42. The molecular formula is C22H21N3O4. The third kappa shape index (κ3) is 5.66. The summed E-state index contributed by atoms with van der Waals surface area (Å²) in [6.45, 7) is 0.961. The maximum atomic E-state index is 12.0. The van der Waals surface area contributed by atoms with Gasteiger partial charge in [-0.05, 0) is 42.7 Å². The van der Waals surface area contributed by atoms with E-state index in [9.17, 15) is 19.7 Å². The van der Waals surface area contributed by atoms with Crippen molar-refractivity contribution in [1.29, 1.82) is 0 Å². The molecule has 0 aromatic heterocycles. The predicted molar refractivity (Wildman–Crippen MR) is 109 cm³/mol. The SMILES string of the molecule is O=C(Cc1ccc([N+](=O)[O-])cc1)NCC#Cc1ccc(N2CCCCC2=O)cc1. The average molecular weight is 391 g/mol. The topological polar surface area (TPSA) is 92.5 Å². The molecule has 1 aliphatic rings. The minimum absolute atomic E-state index is 0.00398. The summed E-state index contributed by atoms with van der Waals surface area (Å²) in [4.78, 5) is 35.9. The highest BCUT2D eigenvalue weighted by atomic mass is 16.6. The van der Waals surface area contributed by atoms with Crippen molar-refractivity contribution in [3.63, 3.8) is 0 Å². The molecule has 2 aromatic carbocycles. The molecule has 0 radical (unpaired) electrons. The molecule has 1 heterocycles. The zero-order valence-electron chi connectivity index (χ0n) is 15.9. The number of piperidine rings is 1. The number of nitrogens with one attached hydrogen (secondary N) is 1. The maximum absolute atomic E-state index is 12.0. The first-order valence-corrected chi connectivity index (χ1v) is 9.42. The van der Waals surface area contributed by atoms with Gasteiger partial charge in [-0.25, -0.2) is 0 Å². The fraction of sp³-hybridized carbons (Fsp3) is 0.273. The summed E-state index contributed by atoms with van der Waals surface area (Å²) in [6, 6.07) is 13.4. The van der Waals surface area contributed by atoms with Crippen LogP contribution in [-0.4, -0.2) is 29.8 Å². The molecule has 1 aliphatic heterocycles. The molecule has 3 rings (SSSR count). The Hall–Kier alpha value is -3.66. The van der Waals surface area contributed by atoms with Crippen LogP contribution in [0.25, 0.3) is 0 Å². The lowest BCUT2D eigenvalue weighted by atomic mass is 10.1. The molecule has 29 heavy (non-hydrogen) atoms. The summed E-state index contributed by atoms with van der Waals surface area (Å²) >= 11 is 0. The average Bonchev–Trinajstić information content (AvgIpc) is 2.72. The molecule has 148 valence electrons. The number of benzene rings is 2. The molecule has 0 unspecified atom stereocenters. The van der Waals surface area contributed by atoms with Gasteiger partial charge in [0.25, 0.3) is 5.69 Å². The fourth-order valence-corrected chi connectivity index (χ4v) is 3.08. The number of rotatable bonds is 5. The number of nitro benzene ring substituents is 1. The fourth-order valence-electron chi connectivity index (χ4n) is 3.08. The highest BCUT2D eigenvalue weighted by Crippen LogP contribution is 2.21. The highest BCUT2D eigenvalue weighted by Gasteiger charge is 2.19. The lowest BCUT2D eigenvalue weighted by molar-refractivity contribution is -0.384. The molecule has 2 aromatic rings. The Kier molecular flexibility index (Phi) is 6.59. The van der Waals surface area contributed by atoms with Crippen molar-refractivity contribution in [2.45, 2.75) is 25.7 Å². The quantitative estimate of drug-likeness (QED) is 0.482. The van der Waals surface area contributed by atoms with E-state index in [0.29, 0.717) is 12.0 Å². The third-order valence-electron chi connectivity index (χ3n) is 4.62. The van der Waals surface area contributed by atoms with E-state index >= 15 is 0 Å². The number of nitro groups is 1. The van der Waals surface area contributed by atoms with Gasteiger partial charge in [0.1, 0.15) is 0 Å². The summed E-state index contributed by atoms with van der Waals surface area (Å²) in [7, 11) is 0. The van der Waals surface area contributed by atoms with Gasteiger partial charge < -0.3 is 10.2 Å². The minimum Gasteiger partial charge on any atom is -0.345 e. The number of anilines is 1. The largest absolute Gasteiger partial charge is 0.345 e. The summed E-state index contributed by atoms with van der Waals surface area (Å²) in [5.41, 5.74) is 2.39. The van der Waals surface area contributed by atoms with Gasteiger partial charge in [0, 0.05) is 36.3 Å². The molecule has 0 spiro atoms. The van der Waals surface area contributed by atoms with Crippen LogP contribution in [-0.2, 0) is 16.0 Å². The molecule has 0 saturated carbocycles. The van der Waals surface area contributed by atoms with Gasteiger partial charge >= 0.3 is 0 Å². The smallest absolute Gasteiger partial charge is 0.269 e. The van der Waals surface area contributed by atoms with Crippen LogP contribution >= 0.6 is 0 Å². The number of amides is 2. The van der Waals surface area contributed by atoms with E-state index in [-0.39, 0.29) is 30.5 Å². The summed E-state index contributed by atoms with van der Waals surface area (Å²) < 4.78 is 0. The normalized spacial score (nSPS) is 13.4. The number of hydrogen-bond acceptors (Lipinski definition) is 4. The lowest BCUT2D eigenvalue weighted by Crippen LogP contribution is -2.35. The van der Waals surface area contributed by atoms with Gasteiger partial charge in [0.05, 0.1) is 17.9 Å². The van der Waals surface area contributed by atoms with Crippen LogP contribution in [0.3, 0.4) is 0 Å². The van der Waals surface area contributed by atoms with E-state index in [0.717, 1.165) is 30.6 Å². The van der Waals surface area contributed by atoms with Gasteiger partial charge in [0.2, 0.25) is 11.8 Å². The third-order valence-corrected chi connectivity index (χ3v) is 4.62. The lowest BCUT2D eigenvalue weighted by Gasteiger charge is -2.26. The molecule has 0 aliphatic carbocycles. The molecule has 0 atom stereocenters. The molecule has 7 heteroatoms. The van der Waals surface area contributed by atoms with E-state index in [4.69, 9.17) is 0 Å². The van der Waals surface area contributed by atoms with Gasteiger partial charge in [-0.3, -0.25) is 19.7 Å². The number of non-ortho nitro benzene ring substituents is 1. The summed E-state index contributed by atoms with van der Waals surface area (Å²) in [6.07, 6.45) is 2.71. The van der Waals surface area contributed by atoms with Crippen LogP contribution in [0.4, 0.5) is 11.4 Å². The van der Waals surface area contributed by atoms with Crippen molar-refractivity contribution >= 4 is 23.2 Å². The zero-order valence-corrected chi connectivity index (χ0v) is 15.9. The van der Waals surface area contributed by atoms with Crippen LogP contribution in [0.5, 0.6) is 0 Å². The van der Waals surface area contributed by atoms with Crippen molar-refractivity contribution < 1.29 is 14.5 Å². The van der Waals surface area contributed by atoms with Crippen molar-refractivity contribution in [3.8, 4) is 11.8 Å². The molecule has 1 fully saturated rings. The van der Waals surface area contributed by atoms with Gasteiger partial charge in [-0.15, -0.1) is 0 Å². The zero-order chi connectivity index (χ0) is 20.6. The number of carbonyl (C=O) groups excluding carboxylic acids is 2. The number of hydrogen-bond donors (Lipinski definition) is 1. The maximum Gasteiger partial charge on any atom is 0.269 e. The Morgan fingerprint density at radius 2 is 1.83 bits per heavy atom. The second-order valence-electron chi connectivity index (χ2n) is 6.73. The van der Waals surface area contributed by atoms with E-state index in [1.54, 1.807) is 17.0 Å². The Morgan fingerprint density at radius 1 is 1.10 bits per heavy atom. The molecular weight excluding hydrogens is 370 g/mol. The highest BCUT2D eigenvalue weighted by molar-refractivity contribution is 5.94. The molecule has 7 nitrogen and oxygen atoms in total. The minimum atomic E-state index is -0.476. The standard InChI is InChI=1S/C22H21N3O4/c26-21(16-18-8-12-20(13-9-18)25(28)29)23-14-3-4-17-6-10-19(11-7-17)24-15-2-1-5-22(24)27/h6-13H,1-2,5,14-16H2,(H,23,26). The van der Waals surface area contributed by atoms with E-state index in [1.165, 1.54) is 12.1 Å². The first-order chi connectivity index (χ1) is 14.0. The number of carbonyl (C=O) groups is 2. The summed E-state index contributed by atoms with van der Waals surface area (Å²) in [5.74, 6) is 5.84. The van der Waals surface area contributed by atoms with E-state index in [2.05, 4.69) is 17.2 Å². The van der Waals surface area contributed by atoms with Crippen molar-refractivity contribution in [2.75, 3.05) is 18.0 Å². The Morgan fingerprint density at radius 3 is 2.48 bits per heavy atom. The molecule has 0 bridgehead atoms.